The van der Waals surface area contributed by atoms with Gasteiger partial charge >= 0.3 is 0 Å². The zero-order chi connectivity index (χ0) is 25.5. The van der Waals surface area contributed by atoms with Crippen LogP contribution in [0.5, 0.6) is 0 Å². The number of ether oxygens (including phenoxy) is 1. The molecule has 8 nitrogen and oxygen atoms in total. The predicted octanol–water partition coefficient (Wildman–Crippen LogP) is 3.78. The Balaban J connectivity index is 1.78. The van der Waals surface area contributed by atoms with Crippen LogP contribution < -0.4 is 15.5 Å². The van der Waals surface area contributed by atoms with Crippen molar-refractivity contribution in [3.8, 4) is 0 Å². The van der Waals surface area contributed by atoms with E-state index in [1.54, 1.807) is 12.1 Å². The van der Waals surface area contributed by atoms with Gasteiger partial charge in [0, 0.05) is 30.0 Å². The molecule has 2 heterocycles. The van der Waals surface area contributed by atoms with Crippen molar-refractivity contribution in [1.82, 2.24) is 10.2 Å². The number of carbonyl (C=O) groups is 3. The number of anilines is 2. The van der Waals surface area contributed by atoms with Crippen LogP contribution in [0.2, 0.25) is 4.34 Å². The Labute approximate surface area is 211 Å². The van der Waals surface area contributed by atoms with Crippen LogP contribution in [0.1, 0.15) is 35.5 Å². The van der Waals surface area contributed by atoms with Gasteiger partial charge in [-0.15, -0.1) is 11.3 Å². The maximum atomic E-state index is 13.9. The van der Waals surface area contributed by atoms with Crippen LogP contribution in [0.25, 0.3) is 0 Å². The third kappa shape index (κ3) is 6.75. The Kier molecular flexibility index (Phi) is 9.55. The van der Waals surface area contributed by atoms with Gasteiger partial charge in [-0.2, -0.15) is 0 Å². The minimum atomic E-state index is -2.88. The van der Waals surface area contributed by atoms with Crippen molar-refractivity contribution < 1.29 is 27.9 Å². The van der Waals surface area contributed by atoms with Gasteiger partial charge in [0.2, 0.25) is 5.91 Å². The Morgan fingerprint density at radius 2 is 1.97 bits per heavy atom. The second-order valence-electron chi connectivity index (χ2n) is 7.71. The molecule has 1 aliphatic heterocycles. The van der Waals surface area contributed by atoms with Gasteiger partial charge in [-0.1, -0.05) is 25.4 Å². The molecular weight excluding hydrogens is 502 g/mol. The average Bonchev–Trinajstić information content (AvgIpc) is 3.28. The molecule has 1 fully saturated rings. The van der Waals surface area contributed by atoms with Gasteiger partial charge in [0.15, 0.2) is 0 Å². The highest BCUT2D eigenvalue weighted by Crippen LogP contribution is 2.32. The maximum absolute atomic E-state index is 13.9. The number of rotatable bonds is 10. The standard InChI is InChI=1S/C23H27ClF2N4O4S/c1-3-29(4-2)17(12-27-23(33)18-7-8-19(24)35-18)22(32)28-16-6-5-14(11-15(16)21(25)26)30-9-10-34-13-20(30)31/h5-8,11,17,21H,3-4,9-10,12-13H2,1-2H3,(H,27,33)(H,28,32)/t17-/m0/s1. The minimum absolute atomic E-state index is 0.0216. The van der Waals surface area contributed by atoms with Crippen molar-refractivity contribution >= 4 is 52.0 Å². The lowest BCUT2D eigenvalue weighted by Gasteiger charge is -2.30. The summed E-state index contributed by atoms with van der Waals surface area (Å²) in [5.74, 6) is -1.23. The van der Waals surface area contributed by atoms with Crippen LogP contribution >= 0.6 is 22.9 Å². The summed E-state index contributed by atoms with van der Waals surface area (Å²) in [6.45, 7) is 5.18. The summed E-state index contributed by atoms with van der Waals surface area (Å²) in [5.41, 5.74) is -0.137. The predicted molar refractivity (Wildman–Crippen MR) is 132 cm³/mol. The number of benzene rings is 1. The summed E-state index contributed by atoms with van der Waals surface area (Å²) >= 11 is 7.01. The molecule has 2 aromatic rings. The van der Waals surface area contributed by atoms with Crippen molar-refractivity contribution in [2.75, 3.05) is 49.6 Å². The smallest absolute Gasteiger partial charge is 0.265 e. The minimum Gasteiger partial charge on any atom is -0.370 e. The molecule has 0 spiro atoms. The van der Waals surface area contributed by atoms with Crippen LogP contribution in [-0.2, 0) is 14.3 Å². The molecule has 35 heavy (non-hydrogen) atoms. The molecule has 1 aliphatic rings. The molecule has 0 aliphatic carbocycles. The lowest BCUT2D eigenvalue weighted by atomic mass is 10.1. The SMILES string of the molecule is CCN(CC)[C@@H](CNC(=O)c1ccc(Cl)s1)C(=O)Nc1ccc(N2CCOCC2=O)cc1C(F)F. The van der Waals surface area contributed by atoms with Crippen molar-refractivity contribution in [3.05, 3.63) is 45.1 Å². The van der Waals surface area contributed by atoms with E-state index in [4.69, 9.17) is 16.3 Å². The third-order valence-electron chi connectivity index (χ3n) is 5.63. The Morgan fingerprint density at radius 3 is 2.57 bits per heavy atom. The van der Waals surface area contributed by atoms with E-state index in [1.165, 1.54) is 23.1 Å². The van der Waals surface area contributed by atoms with E-state index in [0.717, 1.165) is 11.3 Å². The molecular formula is C23H27ClF2N4O4S. The number of carbonyl (C=O) groups excluding carboxylic acids is 3. The molecule has 0 unspecified atom stereocenters. The van der Waals surface area contributed by atoms with Gasteiger partial charge in [-0.25, -0.2) is 8.78 Å². The molecule has 2 N–H and O–H groups in total. The molecule has 1 atom stereocenters. The molecule has 12 heteroatoms. The highest BCUT2D eigenvalue weighted by Gasteiger charge is 2.28. The lowest BCUT2D eigenvalue weighted by Crippen LogP contribution is -2.50. The largest absolute Gasteiger partial charge is 0.370 e. The number of alkyl halides is 2. The number of nitrogens with zero attached hydrogens (tertiary/aromatic N) is 2. The monoisotopic (exact) mass is 528 g/mol. The number of hydrogen-bond donors (Lipinski definition) is 2. The van der Waals surface area contributed by atoms with Crippen molar-refractivity contribution in [1.29, 1.82) is 0 Å². The second-order valence-corrected chi connectivity index (χ2v) is 9.43. The van der Waals surface area contributed by atoms with Gasteiger partial charge < -0.3 is 20.3 Å². The zero-order valence-electron chi connectivity index (χ0n) is 19.4. The van der Waals surface area contributed by atoms with E-state index in [1.807, 2.05) is 18.7 Å². The van der Waals surface area contributed by atoms with E-state index in [2.05, 4.69) is 10.6 Å². The molecule has 0 bridgehead atoms. The Morgan fingerprint density at radius 1 is 1.23 bits per heavy atom. The topological polar surface area (TPSA) is 91.0 Å². The summed E-state index contributed by atoms with van der Waals surface area (Å²) < 4.78 is 33.4. The number of nitrogens with one attached hydrogen (secondary N) is 2. The molecule has 0 radical (unpaired) electrons. The number of morpholine rings is 1. The van der Waals surface area contributed by atoms with Gasteiger partial charge in [0.05, 0.1) is 15.8 Å². The van der Waals surface area contributed by atoms with Gasteiger partial charge in [-0.05, 0) is 43.4 Å². The quantitative estimate of drug-likeness (QED) is 0.490. The second kappa shape index (κ2) is 12.4. The van der Waals surface area contributed by atoms with Crippen molar-refractivity contribution in [3.63, 3.8) is 0 Å². The molecule has 0 saturated carbocycles. The Bertz CT molecular complexity index is 1060. The number of amides is 3. The molecule has 1 saturated heterocycles. The van der Waals surface area contributed by atoms with Gasteiger partial charge in [-0.3, -0.25) is 19.3 Å². The number of hydrogen-bond acceptors (Lipinski definition) is 6. The molecule has 1 aromatic heterocycles. The van der Waals surface area contributed by atoms with E-state index >= 15 is 0 Å². The van der Waals surface area contributed by atoms with Crippen LogP contribution in [0.15, 0.2) is 30.3 Å². The normalized spacial score (nSPS) is 14.9. The average molecular weight is 529 g/mol. The van der Waals surface area contributed by atoms with Crippen LogP contribution in [-0.4, -0.2) is 68.1 Å². The highest BCUT2D eigenvalue weighted by atomic mass is 35.5. The van der Waals surface area contributed by atoms with Gasteiger partial charge in [0.25, 0.3) is 18.2 Å². The molecule has 3 rings (SSSR count). The number of thiophene rings is 1. The first-order valence-corrected chi connectivity index (χ1v) is 12.3. The fraction of sp³-hybridized carbons (Fsp3) is 0.435. The van der Waals surface area contributed by atoms with Crippen LogP contribution in [0, 0.1) is 0 Å². The molecule has 1 aromatic carbocycles. The maximum Gasteiger partial charge on any atom is 0.265 e. The fourth-order valence-corrected chi connectivity index (χ4v) is 4.74. The van der Waals surface area contributed by atoms with Crippen LogP contribution in [0.4, 0.5) is 20.2 Å². The van der Waals surface area contributed by atoms with Gasteiger partial charge in [0.1, 0.15) is 12.6 Å². The van der Waals surface area contributed by atoms with E-state index in [0.29, 0.717) is 34.6 Å². The first-order chi connectivity index (χ1) is 16.7. The summed E-state index contributed by atoms with van der Waals surface area (Å²) in [6, 6.07) is 6.48. The Hall–Kier alpha value is -2.60. The summed E-state index contributed by atoms with van der Waals surface area (Å²) in [5, 5.41) is 5.32. The summed E-state index contributed by atoms with van der Waals surface area (Å²) in [4.78, 5) is 41.3. The van der Waals surface area contributed by atoms with E-state index in [-0.39, 0.29) is 37.2 Å². The summed E-state index contributed by atoms with van der Waals surface area (Å²) in [6.07, 6.45) is -2.88. The molecule has 3 amide bonds. The zero-order valence-corrected chi connectivity index (χ0v) is 20.9. The number of halogens is 3. The van der Waals surface area contributed by atoms with Crippen molar-refractivity contribution in [2.24, 2.45) is 0 Å². The van der Waals surface area contributed by atoms with E-state index < -0.39 is 23.9 Å². The van der Waals surface area contributed by atoms with Crippen LogP contribution in [0.3, 0.4) is 0 Å². The third-order valence-corrected chi connectivity index (χ3v) is 6.86. The van der Waals surface area contributed by atoms with E-state index in [9.17, 15) is 23.2 Å². The number of likely N-dealkylation sites (N-methyl/N-ethyl adjacent to an activating group) is 1. The fourth-order valence-electron chi connectivity index (χ4n) is 3.78. The first kappa shape index (κ1) is 27.0. The lowest BCUT2D eigenvalue weighted by molar-refractivity contribution is -0.125. The van der Waals surface area contributed by atoms with Crippen molar-refractivity contribution in [2.45, 2.75) is 26.3 Å². The molecule has 190 valence electrons. The first-order valence-electron chi connectivity index (χ1n) is 11.1. The summed E-state index contributed by atoms with van der Waals surface area (Å²) in [7, 11) is 0. The highest BCUT2D eigenvalue weighted by molar-refractivity contribution is 7.18.